The molecule has 2 aromatic carbocycles. The van der Waals surface area contributed by atoms with E-state index in [9.17, 15) is 0 Å². The second-order valence-electron chi connectivity index (χ2n) is 6.56. The highest BCUT2D eigenvalue weighted by Gasteiger charge is 2.21. The van der Waals surface area contributed by atoms with Gasteiger partial charge in [0.2, 0.25) is 0 Å². The molecule has 0 spiro atoms. The maximum atomic E-state index is 3.89. The molecule has 0 aliphatic heterocycles. The summed E-state index contributed by atoms with van der Waals surface area (Å²) < 4.78 is 0. The Morgan fingerprint density at radius 1 is 0.741 bits per heavy atom. The molecule has 2 aromatic rings. The first-order valence-electron chi connectivity index (χ1n) is 10.2. The van der Waals surface area contributed by atoms with Crippen LogP contribution in [0.4, 0.5) is 11.4 Å². The first-order chi connectivity index (χ1) is 13.2. The van der Waals surface area contributed by atoms with Crippen LogP contribution in [0.2, 0.25) is 0 Å². The molecule has 0 fully saturated rings. The predicted molar refractivity (Wildman–Crippen MR) is 121 cm³/mol. The molecule has 0 unspecified atom stereocenters. The zero-order chi connectivity index (χ0) is 19.6. The first-order valence-corrected chi connectivity index (χ1v) is 10.2. The van der Waals surface area contributed by atoms with Crippen LogP contribution in [0, 0.1) is 0 Å². The minimum absolute atomic E-state index is 0.191. The molecule has 0 bridgehead atoms. The third kappa shape index (κ3) is 4.82. The van der Waals surface area contributed by atoms with Gasteiger partial charge in [-0.25, -0.2) is 0 Å². The lowest BCUT2D eigenvalue weighted by molar-refractivity contribution is 0.837. The van der Waals surface area contributed by atoms with Crippen molar-refractivity contribution in [3.8, 4) is 0 Å². The maximum absolute atomic E-state index is 3.89. The van der Waals surface area contributed by atoms with Gasteiger partial charge in [-0.05, 0) is 51.0 Å². The summed E-state index contributed by atoms with van der Waals surface area (Å²) in [7, 11) is 0. The van der Waals surface area contributed by atoms with Crippen LogP contribution in [0.15, 0.2) is 73.3 Å². The average molecular weight is 363 g/mol. The summed E-state index contributed by atoms with van der Waals surface area (Å²) in [6, 6.07) is 17.6. The summed E-state index contributed by atoms with van der Waals surface area (Å²) in [4.78, 5) is 4.87. The Labute approximate surface area is 165 Å². The van der Waals surface area contributed by atoms with Crippen molar-refractivity contribution in [2.45, 2.75) is 33.6 Å². The number of benzene rings is 2. The fraction of sp³-hybridized carbons (Fsp3) is 0.360. The van der Waals surface area contributed by atoms with Crippen LogP contribution in [-0.2, 0) is 0 Å². The van der Waals surface area contributed by atoms with Crippen molar-refractivity contribution in [1.82, 2.24) is 0 Å². The number of anilines is 2. The molecule has 0 heterocycles. The Bertz CT molecular complexity index is 684. The van der Waals surface area contributed by atoms with E-state index in [2.05, 4.69) is 105 Å². The second-order valence-corrected chi connectivity index (χ2v) is 6.56. The van der Waals surface area contributed by atoms with Crippen molar-refractivity contribution in [1.29, 1.82) is 0 Å². The maximum Gasteiger partial charge on any atom is 0.0408 e. The lowest BCUT2D eigenvalue weighted by Crippen LogP contribution is -2.25. The summed E-state index contributed by atoms with van der Waals surface area (Å²) in [6.45, 7) is 16.8. The predicted octanol–water partition coefficient (Wildman–Crippen LogP) is 6.25. The molecule has 0 radical (unpaired) electrons. The monoisotopic (exact) mass is 362 g/mol. The van der Waals surface area contributed by atoms with Gasteiger partial charge in [0.15, 0.2) is 0 Å². The van der Waals surface area contributed by atoms with Gasteiger partial charge in [0.25, 0.3) is 0 Å². The number of hydrogen-bond donors (Lipinski definition) is 0. The van der Waals surface area contributed by atoms with Gasteiger partial charge in [0.05, 0.1) is 0 Å². The molecule has 0 aliphatic carbocycles. The third-order valence-electron chi connectivity index (χ3n) is 5.19. The fourth-order valence-corrected chi connectivity index (χ4v) is 3.77. The van der Waals surface area contributed by atoms with Gasteiger partial charge >= 0.3 is 0 Å². The second kappa shape index (κ2) is 10.6. The van der Waals surface area contributed by atoms with E-state index in [4.69, 9.17) is 0 Å². The zero-order valence-corrected chi connectivity index (χ0v) is 17.4. The van der Waals surface area contributed by atoms with E-state index in [-0.39, 0.29) is 5.92 Å². The Balaban J connectivity index is 2.66. The van der Waals surface area contributed by atoms with Gasteiger partial charge in [-0.2, -0.15) is 0 Å². The normalized spacial score (nSPS) is 11.1. The van der Waals surface area contributed by atoms with Crippen molar-refractivity contribution in [3.63, 3.8) is 0 Å². The quantitative estimate of drug-likeness (QED) is 0.461. The minimum Gasteiger partial charge on any atom is -0.372 e. The summed E-state index contributed by atoms with van der Waals surface area (Å²) >= 11 is 0. The molecule has 0 amide bonds. The van der Waals surface area contributed by atoms with Crippen LogP contribution in [0.5, 0.6) is 0 Å². The van der Waals surface area contributed by atoms with Crippen molar-refractivity contribution in [2.24, 2.45) is 0 Å². The molecular formula is C25H34N2. The van der Waals surface area contributed by atoms with E-state index >= 15 is 0 Å². The number of nitrogens with zero attached hydrogens (tertiary/aromatic N) is 2. The molecule has 2 heteroatoms. The molecule has 144 valence electrons. The molecule has 2 rings (SSSR count). The highest BCUT2D eigenvalue weighted by molar-refractivity contribution is 5.64. The number of allylic oxidation sites excluding steroid dienone is 3. The van der Waals surface area contributed by atoms with Crippen LogP contribution in [0.1, 0.15) is 44.7 Å². The largest absolute Gasteiger partial charge is 0.372 e. The number of rotatable bonds is 10. The van der Waals surface area contributed by atoms with Gasteiger partial charge < -0.3 is 9.80 Å². The van der Waals surface area contributed by atoms with Crippen molar-refractivity contribution in [2.75, 3.05) is 36.0 Å². The van der Waals surface area contributed by atoms with Gasteiger partial charge in [-0.15, -0.1) is 0 Å². The number of hydrogen-bond acceptors (Lipinski definition) is 2. The van der Waals surface area contributed by atoms with Crippen LogP contribution in [0.3, 0.4) is 0 Å². The highest BCUT2D eigenvalue weighted by Crippen LogP contribution is 2.38. The molecule has 27 heavy (non-hydrogen) atoms. The summed E-state index contributed by atoms with van der Waals surface area (Å²) in [5.74, 6) is 0.191. The molecular weight excluding hydrogens is 328 g/mol. The van der Waals surface area contributed by atoms with Gasteiger partial charge in [-0.3, -0.25) is 0 Å². The van der Waals surface area contributed by atoms with Crippen molar-refractivity contribution >= 4 is 11.4 Å². The molecule has 0 aromatic heterocycles. The Hall–Kier alpha value is -2.48. The minimum atomic E-state index is 0.191. The lowest BCUT2D eigenvalue weighted by atomic mass is 9.87. The summed E-state index contributed by atoms with van der Waals surface area (Å²) in [5, 5.41) is 0. The molecule has 0 aliphatic rings. The Kier molecular flexibility index (Phi) is 8.19. The summed E-state index contributed by atoms with van der Waals surface area (Å²) in [6.07, 6.45) is 6.22. The van der Waals surface area contributed by atoms with Crippen LogP contribution >= 0.6 is 0 Å². The smallest absolute Gasteiger partial charge is 0.0408 e. The summed E-state index contributed by atoms with van der Waals surface area (Å²) in [5.41, 5.74) is 5.32. The van der Waals surface area contributed by atoms with Gasteiger partial charge in [0, 0.05) is 43.5 Å². The third-order valence-corrected chi connectivity index (χ3v) is 5.19. The van der Waals surface area contributed by atoms with Crippen molar-refractivity contribution < 1.29 is 0 Å². The van der Waals surface area contributed by atoms with Crippen LogP contribution in [0.25, 0.3) is 0 Å². The fourth-order valence-electron chi connectivity index (χ4n) is 3.77. The molecule has 0 atom stereocenters. The SMILES string of the molecule is C=C/C=C/C(c1ccccc1N(CC)CC)c1ccccc1N(CC)CC. The first kappa shape index (κ1) is 20.8. The lowest BCUT2D eigenvalue weighted by Gasteiger charge is -2.30. The van der Waals surface area contributed by atoms with E-state index in [1.165, 1.54) is 22.5 Å². The van der Waals surface area contributed by atoms with E-state index in [1.807, 2.05) is 6.08 Å². The number of para-hydroxylation sites is 2. The topological polar surface area (TPSA) is 6.48 Å². The standard InChI is InChI=1S/C25H34N2/c1-6-11-16-21(22-17-12-14-19-24(22)26(7-2)8-3)23-18-13-15-20-25(23)27(9-4)10-5/h6,11-21H,1,7-10H2,2-5H3/b16-11+. The highest BCUT2D eigenvalue weighted by atomic mass is 15.1. The molecule has 2 nitrogen and oxygen atoms in total. The Morgan fingerprint density at radius 2 is 1.15 bits per heavy atom. The molecule has 0 saturated carbocycles. The van der Waals surface area contributed by atoms with Gasteiger partial charge in [0.1, 0.15) is 0 Å². The Morgan fingerprint density at radius 3 is 1.52 bits per heavy atom. The van der Waals surface area contributed by atoms with Gasteiger partial charge in [-0.1, -0.05) is 61.2 Å². The van der Waals surface area contributed by atoms with E-state index in [1.54, 1.807) is 0 Å². The van der Waals surface area contributed by atoms with E-state index in [0.717, 1.165) is 26.2 Å². The van der Waals surface area contributed by atoms with E-state index < -0.39 is 0 Å². The van der Waals surface area contributed by atoms with Crippen LogP contribution in [-0.4, -0.2) is 26.2 Å². The average Bonchev–Trinajstić information content (AvgIpc) is 2.72. The van der Waals surface area contributed by atoms with Crippen molar-refractivity contribution in [3.05, 3.63) is 84.5 Å². The zero-order valence-electron chi connectivity index (χ0n) is 17.4. The molecule has 0 N–H and O–H groups in total. The molecule has 0 saturated heterocycles. The van der Waals surface area contributed by atoms with E-state index in [0.29, 0.717) is 0 Å². The van der Waals surface area contributed by atoms with Crippen LogP contribution < -0.4 is 9.80 Å².